The first-order valence-electron chi connectivity index (χ1n) is 11.1. The van der Waals surface area contributed by atoms with Crippen molar-refractivity contribution >= 4 is 28.7 Å². The lowest BCUT2D eigenvalue weighted by Gasteiger charge is -2.28. The van der Waals surface area contributed by atoms with Gasteiger partial charge in [0.15, 0.2) is 0 Å². The molecule has 1 aliphatic carbocycles. The second-order valence-corrected chi connectivity index (χ2v) is 8.11. The van der Waals surface area contributed by atoms with Gasteiger partial charge in [0.2, 0.25) is 11.8 Å². The zero-order chi connectivity index (χ0) is 22.2. The maximum absolute atomic E-state index is 13.0. The Bertz CT molecular complexity index is 1070. The van der Waals surface area contributed by atoms with Crippen molar-refractivity contribution in [3.63, 3.8) is 0 Å². The van der Waals surface area contributed by atoms with Crippen LogP contribution in [0.4, 0.5) is 5.69 Å². The number of nitrogens with zero attached hydrogens (tertiary/aromatic N) is 3. The number of ether oxygens (including phenoxy) is 1. The Balaban J connectivity index is 1.30. The van der Waals surface area contributed by atoms with Crippen molar-refractivity contribution < 1.29 is 9.53 Å². The van der Waals surface area contributed by atoms with Gasteiger partial charge in [0.1, 0.15) is 5.52 Å². The van der Waals surface area contributed by atoms with Crippen LogP contribution in [0.1, 0.15) is 31.4 Å². The van der Waals surface area contributed by atoms with E-state index in [1.54, 1.807) is 31.6 Å². The van der Waals surface area contributed by atoms with E-state index in [0.29, 0.717) is 23.0 Å². The van der Waals surface area contributed by atoms with Crippen LogP contribution in [-0.2, 0) is 4.79 Å². The summed E-state index contributed by atoms with van der Waals surface area (Å²) in [5.74, 6) is 1.06. The molecule has 1 saturated carbocycles. The Morgan fingerprint density at radius 2 is 2.09 bits per heavy atom. The van der Waals surface area contributed by atoms with Crippen LogP contribution >= 0.6 is 0 Å². The first-order valence-corrected chi connectivity index (χ1v) is 11.1. The van der Waals surface area contributed by atoms with Gasteiger partial charge in [0.05, 0.1) is 24.0 Å². The van der Waals surface area contributed by atoms with Crippen molar-refractivity contribution in [3.8, 4) is 5.88 Å². The fraction of sp³-hybridized carbons (Fsp3) is 0.360. The van der Waals surface area contributed by atoms with Crippen LogP contribution in [0.15, 0.2) is 54.9 Å². The number of aromatic nitrogens is 3. The molecule has 7 nitrogen and oxygen atoms in total. The first-order chi connectivity index (χ1) is 15.7. The molecule has 0 spiro atoms. The molecule has 0 aromatic carbocycles. The third-order valence-corrected chi connectivity index (χ3v) is 5.85. The molecule has 3 aromatic heterocycles. The Hall–Kier alpha value is -3.32. The fourth-order valence-electron chi connectivity index (χ4n) is 4.20. The third-order valence-electron chi connectivity index (χ3n) is 5.85. The Morgan fingerprint density at radius 1 is 1.16 bits per heavy atom. The van der Waals surface area contributed by atoms with Gasteiger partial charge in [-0.25, -0.2) is 4.98 Å². The highest BCUT2D eigenvalue weighted by Gasteiger charge is 2.27. The molecule has 1 aliphatic rings. The summed E-state index contributed by atoms with van der Waals surface area (Å²) in [6, 6.07) is 11.3. The molecule has 7 heteroatoms. The number of pyridine rings is 3. The third kappa shape index (κ3) is 5.68. The molecule has 1 amide bonds. The number of hydrogen-bond acceptors (Lipinski definition) is 6. The second-order valence-electron chi connectivity index (χ2n) is 8.11. The Morgan fingerprint density at radius 3 is 2.94 bits per heavy atom. The molecular weight excluding hydrogens is 402 g/mol. The highest BCUT2D eigenvalue weighted by atomic mass is 16.5. The van der Waals surface area contributed by atoms with Crippen LogP contribution < -0.4 is 15.4 Å². The van der Waals surface area contributed by atoms with Gasteiger partial charge in [-0.1, -0.05) is 18.6 Å². The van der Waals surface area contributed by atoms with E-state index in [0.717, 1.165) is 50.0 Å². The number of carbonyl (C=O) groups excluding carboxylic acids is 1. The van der Waals surface area contributed by atoms with Gasteiger partial charge in [-0.15, -0.1) is 0 Å². The van der Waals surface area contributed by atoms with E-state index in [-0.39, 0.29) is 11.8 Å². The monoisotopic (exact) mass is 431 g/mol. The van der Waals surface area contributed by atoms with Gasteiger partial charge in [-0.05, 0) is 62.1 Å². The van der Waals surface area contributed by atoms with Crippen LogP contribution in [0, 0.1) is 11.8 Å². The summed E-state index contributed by atoms with van der Waals surface area (Å²) in [7, 11) is 1.58. The van der Waals surface area contributed by atoms with Gasteiger partial charge in [0, 0.05) is 30.9 Å². The van der Waals surface area contributed by atoms with E-state index in [1.165, 1.54) is 0 Å². The molecule has 1 fully saturated rings. The lowest BCUT2D eigenvalue weighted by atomic mass is 9.81. The summed E-state index contributed by atoms with van der Waals surface area (Å²) in [6.07, 6.45) is 11.6. The summed E-state index contributed by atoms with van der Waals surface area (Å²) in [4.78, 5) is 26.1. The van der Waals surface area contributed by atoms with Crippen LogP contribution in [0.3, 0.4) is 0 Å². The van der Waals surface area contributed by atoms with Gasteiger partial charge in [-0.2, -0.15) is 0 Å². The number of hydrogen-bond donors (Lipinski definition) is 2. The topological polar surface area (TPSA) is 89.0 Å². The molecule has 0 aliphatic heterocycles. The van der Waals surface area contributed by atoms with Crippen molar-refractivity contribution in [3.05, 3.63) is 60.6 Å². The zero-order valence-corrected chi connectivity index (χ0v) is 18.3. The minimum atomic E-state index is 0.00781. The van der Waals surface area contributed by atoms with Gasteiger partial charge in [-0.3, -0.25) is 14.8 Å². The summed E-state index contributed by atoms with van der Waals surface area (Å²) in [6.45, 7) is 1.70. The lowest BCUT2D eigenvalue weighted by Crippen LogP contribution is -2.32. The van der Waals surface area contributed by atoms with Crippen molar-refractivity contribution in [1.29, 1.82) is 0 Å². The summed E-state index contributed by atoms with van der Waals surface area (Å²) in [5.41, 5.74) is 3.01. The zero-order valence-electron chi connectivity index (χ0n) is 18.3. The molecule has 0 bridgehead atoms. The predicted molar refractivity (Wildman–Crippen MR) is 126 cm³/mol. The van der Waals surface area contributed by atoms with Gasteiger partial charge >= 0.3 is 0 Å². The molecule has 2 N–H and O–H groups in total. The van der Waals surface area contributed by atoms with Crippen molar-refractivity contribution in [2.75, 3.05) is 25.5 Å². The van der Waals surface area contributed by atoms with Crippen molar-refractivity contribution in [2.24, 2.45) is 11.8 Å². The smallest absolute Gasteiger partial charge is 0.227 e. The number of nitrogens with one attached hydrogen (secondary N) is 2. The van der Waals surface area contributed by atoms with E-state index < -0.39 is 0 Å². The maximum atomic E-state index is 13.0. The normalized spacial score (nSPS) is 18.7. The number of anilines is 1. The fourth-order valence-corrected chi connectivity index (χ4v) is 4.20. The average molecular weight is 432 g/mol. The SMILES string of the molecule is COc1ccc2nccc(NC(=O)C3CCCC(CNCC=Cc4ccccn4)C3)c2n1. The molecule has 166 valence electrons. The van der Waals surface area contributed by atoms with Gasteiger partial charge in [0.25, 0.3) is 0 Å². The standard InChI is InChI=1S/C25H29N5O2/c1-32-23-11-10-21-24(30-23)22(12-15-28-21)29-25(31)19-7-4-6-18(16-19)17-26-13-5-9-20-8-2-3-14-27-20/h2-3,5,8-12,14-15,18-19,26H,4,6-7,13,16-17H2,1H3,(H,28,29,31). The molecule has 3 aromatic rings. The number of rotatable bonds is 8. The highest BCUT2D eigenvalue weighted by molar-refractivity contribution is 6.00. The summed E-state index contributed by atoms with van der Waals surface area (Å²) in [5, 5.41) is 6.58. The van der Waals surface area contributed by atoms with E-state index in [1.807, 2.05) is 30.3 Å². The average Bonchev–Trinajstić information content (AvgIpc) is 2.84. The number of amides is 1. The number of fused-ring (bicyclic) bond motifs is 1. The number of methoxy groups -OCH3 is 1. The molecule has 2 unspecified atom stereocenters. The molecule has 3 heterocycles. The summed E-state index contributed by atoms with van der Waals surface area (Å²) >= 11 is 0. The predicted octanol–water partition coefficient (Wildman–Crippen LogP) is 4.08. The number of carbonyl (C=O) groups is 1. The quantitative estimate of drug-likeness (QED) is 0.523. The minimum absolute atomic E-state index is 0.00781. The van der Waals surface area contributed by atoms with Crippen LogP contribution in [-0.4, -0.2) is 41.1 Å². The van der Waals surface area contributed by atoms with E-state index in [2.05, 4.69) is 31.7 Å². The Labute approximate surface area is 188 Å². The summed E-state index contributed by atoms with van der Waals surface area (Å²) < 4.78 is 5.23. The van der Waals surface area contributed by atoms with Gasteiger partial charge < -0.3 is 15.4 Å². The highest BCUT2D eigenvalue weighted by Crippen LogP contribution is 2.30. The first kappa shape index (κ1) is 21.9. The van der Waals surface area contributed by atoms with Crippen LogP contribution in [0.25, 0.3) is 17.1 Å². The largest absolute Gasteiger partial charge is 0.481 e. The van der Waals surface area contributed by atoms with E-state index >= 15 is 0 Å². The maximum Gasteiger partial charge on any atom is 0.227 e. The van der Waals surface area contributed by atoms with Crippen molar-refractivity contribution in [1.82, 2.24) is 20.3 Å². The molecule has 32 heavy (non-hydrogen) atoms. The molecule has 0 radical (unpaired) electrons. The van der Waals surface area contributed by atoms with Crippen LogP contribution in [0.5, 0.6) is 5.88 Å². The van der Waals surface area contributed by atoms with E-state index in [9.17, 15) is 4.79 Å². The Kier molecular flexibility index (Phi) is 7.40. The molecule has 2 atom stereocenters. The second kappa shape index (κ2) is 10.8. The lowest BCUT2D eigenvalue weighted by molar-refractivity contribution is -0.121. The minimum Gasteiger partial charge on any atom is -0.481 e. The molecule has 4 rings (SSSR count). The van der Waals surface area contributed by atoms with E-state index in [4.69, 9.17) is 4.74 Å². The molecular formula is C25H29N5O2. The van der Waals surface area contributed by atoms with Crippen LogP contribution in [0.2, 0.25) is 0 Å². The molecule has 0 saturated heterocycles. The van der Waals surface area contributed by atoms with Crippen molar-refractivity contribution in [2.45, 2.75) is 25.7 Å².